The molecule has 0 bridgehead atoms. The van der Waals surface area contributed by atoms with Gasteiger partial charge in [-0.1, -0.05) is 65.8 Å². The second-order valence-corrected chi connectivity index (χ2v) is 9.65. The summed E-state index contributed by atoms with van der Waals surface area (Å²) >= 11 is 1.51. The first kappa shape index (κ1) is 29.0. The van der Waals surface area contributed by atoms with Gasteiger partial charge >= 0.3 is 12.2 Å². The molecule has 1 aromatic heterocycles. The van der Waals surface area contributed by atoms with Gasteiger partial charge in [0.25, 0.3) is 0 Å². The van der Waals surface area contributed by atoms with Crippen LogP contribution in [0.15, 0.2) is 77.2 Å². The summed E-state index contributed by atoms with van der Waals surface area (Å²) in [5.41, 5.74) is 10.8. The van der Waals surface area contributed by atoms with Gasteiger partial charge in [0.1, 0.15) is 12.6 Å². The van der Waals surface area contributed by atoms with Crippen LogP contribution in [-0.4, -0.2) is 40.7 Å². The molecule has 2 aromatic carbocycles. The van der Waals surface area contributed by atoms with Crippen LogP contribution in [0.4, 0.5) is 15.3 Å². The third-order valence-electron chi connectivity index (χ3n) is 5.71. The minimum absolute atomic E-state index is 0.167. The zero-order chi connectivity index (χ0) is 27.9. The van der Waals surface area contributed by atoms with Gasteiger partial charge < -0.3 is 25.4 Å². The largest absolute Gasteiger partial charge is 0.465 e. The van der Waals surface area contributed by atoms with E-state index in [1.54, 1.807) is 29.2 Å². The van der Waals surface area contributed by atoms with E-state index in [2.05, 4.69) is 20.7 Å². The van der Waals surface area contributed by atoms with E-state index in [9.17, 15) is 19.5 Å². The van der Waals surface area contributed by atoms with Crippen molar-refractivity contribution in [3.05, 3.63) is 98.6 Å². The van der Waals surface area contributed by atoms with E-state index in [1.165, 1.54) is 11.3 Å². The van der Waals surface area contributed by atoms with Gasteiger partial charge in [-0.25, -0.2) is 9.59 Å². The fourth-order valence-electron chi connectivity index (χ4n) is 3.81. The number of hydrogen-bond acceptors (Lipinski definition) is 6. The van der Waals surface area contributed by atoms with Crippen LogP contribution in [0.25, 0.3) is 10.4 Å². The number of amides is 3. The minimum Gasteiger partial charge on any atom is -0.465 e. The van der Waals surface area contributed by atoms with Crippen LogP contribution in [0.3, 0.4) is 0 Å². The predicted molar refractivity (Wildman–Crippen MR) is 147 cm³/mol. The minimum atomic E-state index is -1.29. The topological polar surface area (TPSA) is 157 Å². The Kier molecular flexibility index (Phi) is 11.6. The quantitative estimate of drug-likeness (QED) is 0.0978. The molecule has 3 N–H and O–H groups in total. The normalized spacial score (nSPS) is 11.1. The van der Waals surface area contributed by atoms with Crippen molar-refractivity contribution in [1.29, 1.82) is 0 Å². The van der Waals surface area contributed by atoms with Crippen LogP contribution in [0, 0.1) is 0 Å². The number of alkyl carbamates (subject to hydrolysis) is 1. The van der Waals surface area contributed by atoms with E-state index < -0.39 is 18.2 Å². The summed E-state index contributed by atoms with van der Waals surface area (Å²) in [6.07, 6.45) is -0.516. The highest BCUT2D eigenvalue weighted by Crippen LogP contribution is 2.19. The first-order valence-electron chi connectivity index (χ1n) is 12.3. The molecule has 1 atom stereocenters. The zero-order valence-electron chi connectivity index (χ0n) is 21.2. The third-order valence-corrected chi connectivity index (χ3v) is 6.57. The maximum atomic E-state index is 13.5. The maximum Gasteiger partial charge on any atom is 0.407 e. The first-order chi connectivity index (χ1) is 18.9. The van der Waals surface area contributed by atoms with E-state index in [0.717, 1.165) is 16.0 Å². The van der Waals surface area contributed by atoms with Gasteiger partial charge in [-0.3, -0.25) is 4.79 Å². The van der Waals surface area contributed by atoms with Crippen LogP contribution >= 0.6 is 11.3 Å². The van der Waals surface area contributed by atoms with E-state index in [-0.39, 0.29) is 25.5 Å². The lowest BCUT2D eigenvalue weighted by Gasteiger charge is -2.27. The SMILES string of the molecule is [N-]=[N+]=Nc1ccc(CN(Cc2cccs2)C(=O)[C@H](CCCCNC(=O)OCc2ccccc2)NC(=O)O)cc1. The Morgan fingerprint density at radius 2 is 1.77 bits per heavy atom. The van der Waals surface area contributed by atoms with E-state index in [1.807, 2.05) is 47.8 Å². The Balaban J connectivity index is 1.55. The molecule has 3 aromatic rings. The number of carbonyl (C=O) groups is 3. The molecule has 39 heavy (non-hydrogen) atoms. The van der Waals surface area contributed by atoms with Crippen LogP contribution < -0.4 is 10.6 Å². The molecule has 12 heteroatoms. The third kappa shape index (κ3) is 10.4. The summed E-state index contributed by atoms with van der Waals surface area (Å²) in [7, 11) is 0. The highest BCUT2D eigenvalue weighted by molar-refractivity contribution is 7.09. The van der Waals surface area contributed by atoms with Crippen molar-refractivity contribution >= 4 is 35.1 Å². The highest BCUT2D eigenvalue weighted by atomic mass is 32.1. The molecule has 11 nitrogen and oxygen atoms in total. The summed E-state index contributed by atoms with van der Waals surface area (Å²) < 4.78 is 5.18. The number of hydrogen-bond donors (Lipinski definition) is 3. The number of ether oxygens (including phenoxy) is 1. The number of rotatable bonds is 14. The number of azide groups is 1. The van der Waals surface area contributed by atoms with E-state index >= 15 is 0 Å². The number of benzene rings is 2. The van der Waals surface area contributed by atoms with Crippen LogP contribution in [-0.2, 0) is 29.2 Å². The monoisotopic (exact) mass is 550 g/mol. The molecule has 1 heterocycles. The lowest BCUT2D eigenvalue weighted by molar-refractivity contribution is -0.134. The summed E-state index contributed by atoms with van der Waals surface area (Å²) in [5.74, 6) is -0.347. The van der Waals surface area contributed by atoms with Crippen molar-refractivity contribution in [3.63, 3.8) is 0 Å². The molecule has 204 valence electrons. The molecule has 0 fully saturated rings. The Morgan fingerprint density at radius 1 is 1.00 bits per heavy atom. The second-order valence-electron chi connectivity index (χ2n) is 8.62. The van der Waals surface area contributed by atoms with Crippen LogP contribution in [0.5, 0.6) is 0 Å². The molecule has 0 aliphatic heterocycles. The van der Waals surface area contributed by atoms with Gasteiger partial charge in [-0.05, 0) is 47.4 Å². The Morgan fingerprint density at radius 3 is 2.44 bits per heavy atom. The number of thiophene rings is 1. The molecule has 3 amide bonds. The fourth-order valence-corrected chi connectivity index (χ4v) is 4.53. The molecule has 3 rings (SSSR count). The predicted octanol–water partition coefficient (Wildman–Crippen LogP) is 5.95. The Labute approximate surface area is 230 Å². The average molecular weight is 551 g/mol. The summed E-state index contributed by atoms with van der Waals surface area (Å²) in [6.45, 7) is 1.07. The fraction of sp³-hybridized carbons (Fsp3) is 0.296. The van der Waals surface area contributed by atoms with Crippen LogP contribution in [0.1, 0.15) is 35.3 Å². The molecule has 0 saturated carbocycles. The maximum absolute atomic E-state index is 13.5. The number of nitrogens with zero attached hydrogens (tertiary/aromatic N) is 4. The van der Waals surface area contributed by atoms with Crippen molar-refractivity contribution < 1.29 is 24.2 Å². The molecule has 0 radical (unpaired) electrons. The van der Waals surface area contributed by atoms with Gasteiger partial charge in [0, 0.05) is 28.6 Å². The molecule has 0 unspecified atom stereocenters. The zero-order valence-corrected chi connectivity index (χ0v) is 22.0. The summed E-state index contributed by atoms with van der Waals surface area (Å²) in [4.78, 5) is 42.3. The van der Waals surface area contributed by atoms with Gasteiger partial charge in [-0.2, -0.15) is 0 Å². The molecule has 0 saturated heterocycles. The number of carbonyl (C=O) groups excluding carboxylic acids is 2. The number of carboxylic acid groups (broad SMARTS) is 1. The highest BCUT2D eigenvalue weighted by Gasteiger charge is 2.26. The first-order valence-corrected chi connectivity index (χ1v) is 13.2. The molecular weight excluding hydrogens is 520 g/mol. The average Bonchev–Trinajstić information content (AvgIpc) is 3.45. The molecule has 0 aliphatic rings. The van der Waals surface area contributed by atoms with E-state index in [4.69, 9.17) is 10.3 Å². The van der Waals surface area contributed by atoms with Crippen molar-refractivity contribution in [2.45, 2.75) is 45.0 Å². The Bertz CT molecular complexity index is 1250. The number of nitrogens with one attached hydrogen (secondary N) is 2. The van der Waals surface area contributed by atoms with Gasteiger partial charge in [0.05, 0.1) is 6.54 Å². The smallest absolute Gasteiger partial charge is 0.407 e. The lowest BCUT2D eigenvalue weighted by Crippen LogP contribution is -2.47. The van der Waals surface area contributed by atoms with Crippen molar-refractivity contribution in [1.82, 2.24) is 15.5 Å². The molecule has 0 aliphatic carbocycles. The van der Waals surface area contributed by atoms with Crippen molar-refractivity contribution in [3.8, 4) is 0 Å². The summed E-state index contributed by atoms with van der Waals surface area (Å²) in [6, 6.07) is 19.0. The number of unbranched alkanes of at least 4 members (excludes halogenated alkanes) is 1. The van der Waals surface area contributed by atoms with Gasteiger partial charge in [0.2, 0.25) is 5.91 Å². The van der Waals surface area contributed by atoms with Gasteiger partial charge in [0.15, 0.2) is 0 Å². The van der Waals surface area contributed by atoms with E-state index in [0.29, 0.717) is 31.6 Å². The van der Waals surface area contributed by atoms with Gasteiger partial charge in [-0.15, -0.1) is 11.3 Å². The molecular formula is C27H30N6O5S. The Hall–Kier alpha value is -4.54. The van der Waals surface area contributed by atoms with Crippen LogP contribution in [0.2, 0.25) is 0 Å². The second kappa shape index (κ2) is 15.7. The summed E-state index contributed by atoms with van der Waals surface area (Å²) in [5, 5.41) is 19.9. The molecule has 0 spiro atoms. The standard InChI is InChI=1S/C27H30N6O5S/c28-32-31-22-13-11-20(12-14-22)17-33(18-23-9-6-16-39-23)25(34)24(30-26(35)36)10-4-5-15-29-27(37)38-19-21-7-2-1-3-8-21/h1-3,6-9,11-14,16,24,30H,4-5,10,15,17-19H2,(H,29,37)(H,35,36)/t24-/m0/s1. The lowest BCUT2D eigenvalue weighted by atomic mass is 10.1. The van der Waals surface area contributed by atoms with Crippen molar-refractivity contribution in [2.75, 3.05) is 6.54 Å². The van der Waals surface area contributed by atoms with Crippen molar-refractivity contribution in [2.24, 2.45) is 5.11 Å².